The summed E-state index contributed by atoms with van der Waals surface area (Å²) in [5.41, 5.74) is 1.35. The van der Waals surface area contributed by atoms with Gasteiger partial charge in [0.15, 0.2) is 0 Å². The van der Waals surface area contributed by atoms with E-state index in [2.05, 4.69) is 24.3 Å². The molecule has 1 heteroatoms. The fraction of sp³-hybridized carbons (Fsp3) is 0.562. The zero-order valence-electron chi connectivity index (χ0n) is 10.5. The standard InChI is InChI=1S/C16H22O/c17-16(13-15-9-4-5-10-15)12-6-11-14-7-2-1-3-8-14/h1-3,7-8,15H,4-6,9-13H2. The Bertz CT molecular complexity index is 336. The molecule has 1 saturated carbocycles. The van der Waals surface area contributed by atoms with Crippen molar-refractivity contribution in [1.29, 1.82) is 0 Å². The molecule has 1 fully saturated rings. The number of hydrogen-bond donors (Lipinski definition) is 0. The van der Waals surface area contributed by atoms with Crippen molar-refractivity contribution in [3.05, 3.63) is 35.9 Å². The predicted octanol–water partition coefficient (Wildman–Crippen LogP) is 4.16. The van der Waals surface area contributed by atoms with E-state index in [4.69, 9.17) is 0 Å². The summed E-state index contributed by atoms with van der Waals surface area (Å²) in [6, 6.07) is 10.4. The molecule has 0 aliphatic heterocycles. The van der Waals surface area contributed by atoms with Crippen LogP contribution in [0.5, 0.6) is 0 Å². The third-order valence-corrected chi connectivity index (χ3v) is 3.75. The quantitative estimate of drug-likeness (QED) is 0.717. The molecule has 1 aromatic rings. The number of carbonyl (C=O) groups is 1. The molecule has 0 heterocycles. The van der Waals surface area contributed by atoms with Crippen molar-refractivity contribution in [3.8, 4) is 0 Å². The van der Waals surface area contributed by atoms with Crippen LogP contribution in [0.1, 0.15) is 50.5 Å². The highest BCUT2D eigenvalue weighted by atomic mass is 16.1. The number of carbonyl (C=O) groups excluding carboxylic acids is 1. The molecule has 2 rings (SSSR count). The molecule has 0 saturated heterocycles. The van der Waals surface area contributed by atoms with Crippen molar-refractivity contribution < 1.29 is 4.79 Å². The second-order valence-corrected chi connectivity index (χ2v) is 5.23. The molecule has 1 aliphatic rings. The first kappa shape index (κ1) is 12.3. The number of Topliss-reactive ketones (excluding diaryl/α,β-unsaturated/α-hetero) is 1. The van der Waals surface area contributed by atoms with Gasteiger partial charge in [-0.3, -0.25) is 4.79 Å². The smallest absolute Gasteiger partial charge is 0.133 e. The first-order chi connectivity index (χ1) is 8.34. The minimum absolute atomic E-state index is 0.479. The number of hydrogen-bond acceptors (Lipinski definition) is 1. The second kappa shape index (κ2) is 6.58. The van der Waals surface area contributed by atoms with Gasteiger partial charge in [-0.2, -0.15) is 0 Å². The van der Waals surface area contributed by atoms with Crippen molar-refractivity contribution in [1.82, 2.24) is 0 Å². The first-order valence-corrected chi connectivity index (χ1v) is 6.90. The molecule has 0 amide bonds. The Morgan fingerprint density at radius 1 is 1.12 bits per heavy atom. The predicted molar refractivity (Wildman–Crippen MR) is 71.0 cm³/mol. The van der Waals surface area contributed by atoms with Crippen molar-refractivity contribution >= 4 is 5.78 Å². The summed E-state index contributed by atoms with van der Waals surface area (Å²) in [6.45, 7) is 0. The maximum atomic E-state index is 11.8. The zero-order chi connectivity index (χ0) is 11.9. The van der Waals surface area contributed by atoms with Crippen LogP contribution in [0.4, 0.5) is 0 Å². The van der Waals surface area contributed by atoms with E-state index in [1.807, 2.05) is 6.07 Å². The van der Waals surface area contributed by atoms with Crippen molar-refractivity contribution in [2.45, 2.75) is 51.4 Å². The number of rotatable bonds is 6. The summed E-state index contributed by atoms with van der Waals surface area (Å²) >= 11 is 0. The average Bonchev–Trinajstić information content (AvgIpc) is 2.83. The lowest BCUT2D eigenvalue weighted by molar-refractivity contribution is -0.120. The van der Waals surface area contributed by atoms with Crippen LogP contribution < -0.4 is 0 Å². The molecule has 1 nitrogen and oxygen atoms in total. The van der Waals surface area contributed by atoms with E-state index in [0.29, 0.717) is 11.7 Å². The number of benzene rings is 1. The highest BCUT2D eigenvalue weighted by molar-refractivity contribution is 5.78. The summed E-state index contributed by atoms with van der Waals surface area (Å²) in [6.07, 6.45) is 8.89. The van der Waals surface area contributed by atoms with E-state index in [1.165, 1.54) is 31.2 Å². The van der Waals surface area contributed by atoms with Crippen LogP contribution in [0, 0.1) is 5.92 Å². The molecule has 0 atom stereocenters. The van der Waals surface area contributed by atoms with Gasteiger partial charge >= 0.3 is 0 Å². The summed E-state index contributed by atoms with van der Waals surface area (Å²) in [5.74, 6) is 1.19. The molecule has 0 radical (unpaired) electrons. The van der Waals surface area contributed by atoms with Gasteiger partial charge in [-0.1, -0.05) is 56.0 Å². The van der Waals surface area contributed by atoms with Gasteiger partial charge in [-0.15, -0.1) is 0 Å². The van der Waals surface area contributed by atoms with Crippen LogP contribution in [0.2, 0.25) is 0 Å². The minimum Gasteiger partial charge on any atom is -0.300 e. The van der Waals surface area contributed by atoms with Crippen molar-refractivity contribution in [3.63, 3.8) is 0 Å². The van der Waals surface area contributed by atoms with Crippen LogP contribution in [-0.2, 0) is 11.2 Å². The Morgan fingerprint density at radius 2 is 1.82 bits per heavy atom. The van der Waals surface area contributed by atoms with Gasteiger partial charge in [-0.05, 0) is 24.3 Å². The molecule has 92 valence electrons. The van der Waals surface area contributed by atoms with Gasteiger partial charge in [0.05, 0.1) is 0 Å². The monoisotopic (exact) mass is 230 g/mol. The molecule has 0 unspecified atom stereocenters. The Morgan fingerprint density at radius 3 is 2.53 bits per heavy atom. The van der Waals surface area contributed by atoms with Crippen LogP contribution in [-0.4, -0.2) is 5.78 Å². The van der Waals surface area contributed by atoms with Crippen LogP contribution in [0.3, 0.4) is 0 Å². The summed E-state index contributed by atoms with van der Waals surface area (Å²) < 4.78 is 0. The average molecular weight is 230 g/mol. The Kier molecular flexibility index (Phi) is 4.78. The number of ketones is 1. The van der Waals surface area contributed by atoms with Crippen LogP contribution in [0.15, 0.2) is 30.3 Å². The van der Waals surface area contributed by atoms with E-state index in [0.717, 1.165) is 25.7 Å². The maximum absolute atomic E-state index is 11.8. The van der Waals surface area contributed by atoms with Gasteiger partial charge in [0, 0.05) is 12.8 Å². The topological polar surface area (TPSA) is 17.1 Å². The van der Waals surface area contributed by atoms with Gasteiger partial charge in [0.1, 0.15) is 5.78 Å². The van der Waals surface area contributed by atoms with Crippen molar-refractivity contribution in [2.75, 3.05) is 0 Å². The molecular formula is C16H22O. The molecule has 0 bridgehead atoms. The lowest BCUT2D eigenvalue weighted by Gasteiger charge is -2.07. The molecule has 0 N–H and O–H groups in total. The molecule has 1 aromatic carbocycles. The third kappa shape index (κ3) is 4.33. The largest absolute Gasteiger partial charge is 0.300 e. The lowest BCUT2D eigenvalue weighted by atomic mass is 9.97. The van der Waals surface area contributed by atoms with Crippen LogP contribution >= 0.6 is 0 Å². The fourth-order valence-electron chi connectivity index (χ4n) is 2.77. The summed E-state index contributed by atoms with van der Waals surface area (Å²) in [4.78, 5) is 11.8. The van der Waals surface area contributed by atoms with Gasteiger partial charge < -0.3 is 0 Å². The van der Waals surface area contributed by atoms with Crippen molar-refractivity contribution in [2.24, 2.45) is 5.92 Å². The Hall–Kier alpha value is -1.11. The molecule has 0 aromatic heterocycles. The van der Waals surface area contributed by atoms with Crippen LogP contribution in [0.25, 0.3) is 0 Å². The molecule has 17 heavy (non-hydrogen) atoms. The number of aryl methyl sites for hydroxylation is 1. The van der Waals surface area contributed by atoms with E-state index in [-0.39, 0.29) is 0 Å². The summed E-state index contributed by atoms with van der Waals surface area (Å²) in [7, 11) is 0. The SMILES string of the molecule is O=C(CCCc1ccccc1)CC1CCCC1. The van der Waals surface area contributed by atoms with Gasteiger partial charge in [0.25, 0.3) is 0 Å². The van der Waals surface area contributed by atoms with Gasteiger partial charge in [-0.25, -0.2) is 0 Å². The zero-order valence-corrected chi connectivity index (χ0v) is 10.5. The maximum Gasteiger partial charge on any atom is 0.133 e. The fourth-order valence-corrected chi connectivity index (χ4v) is 2.77. The summed E-state index contributed by atoms with van der Waals surface area (Å²) in [5, 5.41) is 0. The highest BCUT2D eigenvalue weighted by Crippen LogP contribution is 2.28. The molecule has 0 spiro atoms. The Balaban J connectivity index is 1.63. The minimum atomic E-state index is 0.479. The van der Waals surface area contributed by atoms with E-state index in [1.54, 1.807) is 0 Å². The third-order valence-electron chi connectivity index (χ3n) is 3.75. The Labute approximate surface area is 104 Å². The normalized spacial score (nSPS) is 16.2. The highest BCUT2D eigenvalue weighted by Gasteiger charge is 2.17. The van der Waals surface area contributed by atoms with E-state index >= 15 is 0 Å². The lowest BCUT2D eigenvalue weighted by Crippen LogP contribution is -2.05. The molecular weight excluding hydrogens is 208 g/mol. The van der Waals surface area contributed by atoms with E-state index in [9.17, 15) is 4.79 Å². The molecule has 1 aliphatic carbocycles. The second-order valence-electron chi connectivity index (χ2n) is 5.23. The van der Waals surface area contributed by atoms with E-state index < -0.39 is 0 Å². The first-order valence-electron chi connectivity index (χ1n) is 6.90. The van der Waals surface area contributed by atoms with Gasteiger partial charge in [0.2, 0.25) is 0 Å².